The summed E-state index contributed by atoms with van der Waals surface area (Å²) in [5, 5.41) is 15.6. The van der Waals surface area contributed by atoms with Crippen molar-refractivity contribution in [2.45, 2.75) is 33.6 Å². The number of aryl methyl sites for hydroxylation is 1. The molecule has 0 atom stereocenters. The lowest BCUT2D eigenvalue weighted by Crippen LogP contribution is -2.05. The van der Waals surface area contributed by atoms with Gasteiger partial charge in [-0.2, -0.15) is 0 Å². The Kier molecular flexibility index (Phi) is 6.67. The number of thiazole rings is 1. The summed E-state index contributed by atoms with van der Waals surface area (Å²) in [7, 11) is 0. The SMILES string of the molecule is CCc1cccc(-c2nc(Nc3ncc(-c4cccs4)cc3C(=O)O)sc2CC(C)C)c1. The Balaban J connectivity index is 1.71. The molecule has 0 saturated heterocycles. The van der Waals surface area contributed by atoms with Crippen LogP contribution in [0.5, 0.6) is 0 Å². The summed E-state index contributed by atoms with van der Waals surface area (Å²) in [6.07, 6.45) is 3.57. The van der Waals surface area contributed by atoms with Gasteiger partial charge in [0.1, 0.15) is 11.4 Å². The van der Waals surface area contributed by atoms with Crippen LogP contribution in [0, 0.1) is 5.92 Å². The first-order chi connectivity index (χ1) is 15.4. The quantitative estimate of drug-likeness (QED) is 0.290. The molecule has 32 heavy (non-hydrogen) atoms. The number of carboxylic acid groups (broad SMARTS) is 1. The second kappa shape index (κ2) is 9.63. The molecule has 0 bridgehead atoms. The molecule has 5 nitrogen and oxygen atoms in total. The predicted molar refractivity (Wildman–Crippen MR) is 133 cm³/mol. The Hall–Kier alpha value is -3.03. The van der Waals surface area contributed by atoms with Gasteiger partial charge in [-0.25, -0.2) is 14.8 Å². The third kappa shape index (κ3) is 4.89. The van der Waals surface area contributed by atoms with Crippen LogP contribution < -0.4 is 5.32 Å². The fourth-order valence-corrected chi connectivity index (χ4v) is 5.39. The monoisotopic (exact) mass is 463 g/mol. The summed E-state index contributed by atoms with van der Waals surface area (Å²) in [5.74, 6) is -0.237. The number of carbonyl (C=O) groups is 1. The van der Waals surface area contributed by atoms with E-state index < -0.39 is 5.97 Å². The normalized spacial score (nSPS) is 11.1. The lowest BCUT2D eigenvalue weighted by atomic mass is 10.0. The number of aromatic carboxylic acids is 1. The van der Waals surface area contributed by atoms with E-state index in [1.165, 1.54) is 10.4 Å². The number of pyridine rings is 1. The fraction of sp³-hybridized carbons (Fsp3) is 0.240. The number of anilines is 2. The molecule has 0 aliphatic carbocycles. The molecule has 3 aromatic heterocycles. The zero-order valence-electron chi connectivity index (χ0n) is 18.3. The van der Waals surface area contributed by atoms with E-state index in [-0.39, 0.29) is 5.56 Å². The van der Waals surface area contributed by atoms with Crippen molar-refractivity contribution in [1.29, 1.82) is 0 Å². The van der Waals surface area contributed by atoms with Gasteiger partial charge in [0.15, 0.2) is 5.13 Å². The summed E-state index contributed by atoms with van der Waals surface area (Å²) >= 11 is 3.11. The van der Waals surface area contributed by atoms with Crippen molar-refractivity contribution in [3.05, 3.63) is 70.0 Å². The minimum Gasteiger partial charge on any atom is -0.478 e. The topological polar surface area (TPSA) is 75.1 Å². The van der Waals surface area contributed by atoms with Gasteiger partial charge in [0.25, 0.3) is 0 Å². The number of hydrogen-bond acceptors (Lipinski definition) is 6. The number of rotatable bonds is 8. The standard InChI is InChI=1S/C25H25N3O2S2/c1-4-16-7-5-8-17(12-16)22-21(11-15(2)3)32-25(27-22)28-23-19(24(29)30)13-18(14-26-23)20-9-6-10-31-20/h5-10,12-15H,4,11H2,1-3H3,(H,29,30)(H,26,27,28). The third-order valence-electron chi connectivity index (χ3n) is 5.05. The van der Waals surface area contributed by atoms with Crippen molar-refractivity contribution in [1.82, 2.24) is 9.97 Å². The van der Waals surface area contributed by atoms with E-state index >= 15 is 0 Å². The highest BCUT2D eigenvalue weighted by Gasteiger charge is 2.19. The minimum absolute atomic E-state index is 0.131. The molecular weight excluding hydrogens is 438 g/mol. The molecule has 0 unspecified atom stereocenters. The Bertz CT molecular complexity index is 1230. The minimum atomic E-state index is -1.02. The molecular formula is C25H25N3O2S2. The Morgan fingerprint density at radius 1 is 1.16 bits per heavy atom. The zero-order chi connectivity index (χ0) is 22.7. The van der Waals surface area contributed by atoms with Crippen LogP contribution in [0.3, 0.4) is 0 Å². The maximum atomic E-state index is 11.9. The maximum absolute atomic E-state index is 11.9. The van der Waals surface area contributed by atoms with Crippen LogP contribution in [0.25, 0.3) is 21.7 Å². The summed E-state index contributed by atoms with van der Waals surface area (Å²) in [5.41, 5.74) is 4.22. The van der Waals surface area contributed by atoms with E-state index in [9.17, 15) is 9.90 Å². The van der Waals surface area contributed by atoms with Crippen LogP contribution in [0.2, 0.25) is 0 Å². The van der Waals surface area contributed by atoms with E-state index in [1.54, 1.807) is 34.9 Å². The molecule has 0 spiro atoms. The summed E-state index contributed by atoms with van der Waals surface area (Å²) in [4.78, 5) is 23.4. The summed E-state index contributed by atoms with van der Waals surface area (Å²) in [6.45, 7) is 6.51. The summed E-state index contributed by atoms with van der Waals surface area (Å²) < 4.78 is 0. The molecule has 2 N–H and O–H groups in total. The number of thiophene rings is 1. The van der Waals surface area contributed by atoms with Crippen molar-refractivity contribution >= 4 is 39.6 Å². The smallest absolute Gasteiger partial charge is 0.339 e. The fourth-order valence-electron chi connectivity index (χ4n) is 3.48. The Morgan fingerprint density at radius 3 is 2.69 bits per heavy atom. The van der Waals surface area contributed by atoms with Crippen LogP contribution >= 0.6 is 22.7 Å². The van der Waals surface area contributed by atoms with Crippen LogP contribution in [0.15, 0.2) is 54.0 Å². The second-order valence-electron chi connectivity index (χ2n) is 7.97. The van der Waals surface area contributed by atoms with Crippen molar-refractivity contribution in [3.63, 3.8) is 0 Å². The van der Waals surface area contributed by atoms with Gasteiger partial charge in [-0.15, -0.1) is 22.7 Å². The largest absolute Gasteiger partial charge is 0.478 e. The highest BCUT2D eigenvalue weighted by Crippen LogP contribution is 2.35. The van der Waals surface area contributed by atoms with Crippen LogP contribution in [0.4, 0.5) is 10.9 Å². The zero-order valence-corrected chi connectivity index (χ0v) is 19.9. The highest BCUT2D eigenvalue weighted by atomic mass is 32.1. The Labute approximate surface area is 195 Å². The van der Waals surface area contributed by atoms with Gasteiger partial charge in [-0.3, -0.25) is 0 Å². The molecule has 1 aromatic carbocycles. The van der Waals surface area contributed by atoms with Gasteiger partial charge in [0, 0.05) is 27.1 Å². The number of hydrogen-bond donors (Lipinski definition) is 2. The molecule has 4 rings (SSSR count). The first-order valence-electron chi connectivity index (χ1n) is 10.6. The molecule has 0 amide bonds. The average molecular weight is 464 g/mol. The molecule has 0 radical (unpaired) electrons. The van der Waals surface area contributed by atoms with Crippen LogP contribution in [0.1, 0.15) is 41.6 Å². The molecule has 3 heterocycles. The van der Waals surface area contributed by atoms with E-state index in [4.69, 9.17) is 4.98 Å². The molecule has 0 saturated carbocycles. The van der Waals surface area contributed by atoms with Gasteiger partial charge < -0.3 is 10.4 Å². The van der Waals surface area contributed by atoms with Crippen molar-refractivity contribution in [2.24, 2.45) is 5.92 Å². The third-order valence-corrected chi connectivity index (χ3v) is 6.96. The summed E-state index contributed by atoms with van der Waals surface area (Å²) in [6, 6.07) is 14.0. The molecule has 164 valence electrons. The Morgan fingerprint density at radius 2 is 2.00 bits per heavy atom. The van der Waals surface area contributed by atoms with Crippen molar-refractivity contribution in [3.8, 4) is 21.7 Å². The number of aromatic nitrogens is 2. The predicted octanol–water partition coefficient (Wildman–Crippen LogP) is 7.14. The van der Waals surface area contributed by atoms with Gasteiger partial charge in [-0.05, 0) is 47.9 Å². The van der Waals surface area contributed by atoms with E-state index in [0.717, 1.165) is 34.5 Å². The van der Waals surface area contributed by atoms with Gasteiger partial charge >= 0.3 is 5.97 Å². The van der Waals surface area contributed by atoms with Gasteiger partial charge in [-0.1, -0.05) is 45.0 Å². The van der Waals surface area contributed by atoms with Gasteiger partial charge in [0.2, 0.25) is 0 Å². The second-order valence-corrected chi connectivity index (χ2v) is 10.0. The lowest BCUT2D eigenvalue weighted by Gasteiger charge is -2.07. The van der Waals surface area contributed by atoms with Crippen molar-refractivity contribution in [2.75, 3.05) is 5.32 Å². The first kappa shape index (κ1) is 22.2. The molecule has 0 aliphatic rings. The molecule has 0 fully saturated rings. The first-order valence-corrected chi connectivity index (χ1v) is 12.3. The van der Waals surface area contributed by atoms with E-state index in [0.29, 0.717) is 16.9 Å². The molecule has 7 heteroatoms. The number of benzene rings is 1. The highest BCUT2D eigenvalue weighted by molar-refractivity contribution is 7.16. The van der Waals surface area contributed by atoms with E-state index in [2.05, 4.69) is 55.3 Å². The number of carboxylic acids is 1. The van der Waals surface area contributed by atoms with Crippen molar-refractivity contribution < 1.29 is 9.90 Å². The average Bonchev–Trinajstić information content (AvgIpc) is 3.44. The number of nitrogens with zero attached hydrogens (tertiary/aromatic N) is 2. The molecule has 4 aromatic rings. The van der Waals surface area contributed by atoms with Crippen LogP contribution in [-0.4, -0.2) is 21.0 Å². The number of nitrogens with one attached hydrogen (secondary N) is 1. The molecule has 0 aliphatic heterocycles. The lowest BCUT2D eigenvalue weighted by molar-refractivity contribution is 0.0697. The van der Waals surface area contributed by atoms with E-state index in [1.807, 2.05) is 17.5 Å². The van der Waals surface area contributed by atoms with Crippen LogP contribution in [-0.2, 0) is 12.8 Å². The van der Waals surface area contributed by atoms with Gasteiger partial charge in [0.05, 0.1) is 5.69 Å². The maximum Gasteiger partial charge on any atom is 0.339 e.